The number of piperidine rings is 1. The van der Waals surface area contributed by atoms with Crippen molar-refractivity contribution in [3.05, 3.63) is 40.2 Å². The van der Waals surface area contributed by atoms with Gasteiger partial charge in [0.1, 0.15) is 11.7 Å². The average Bonchev–Trinajstić information content (AvgIpc) is 3.59. The lowest BCUT2D eigenvalue weighted by Gasteiger charge is -2.52. The molecule has 3 aliphatic rings. The van der Waals surface area contributed by atoms with E-state index >= 15 is 0 Å². The van der Waals surface area contributed by atoms with Gasteiger partial charge in [-0.3, -0.25) is 4.90 Å². The van der Waals surface area contributed by atoms with Crippen molar-refractivity contribution in [2.75, 3.05) is 43.9 Å². The molecule has 3 N–H and O–H groups in total. The maximum absolute atomic E-state index is 11.5. The standard InChI is InChI=1S/C25H27ClN10O/c1-34-6-4-17(5-7-34)35-13-25(37,14-35)19-8-15(10-27)9-20(21(19)26)31-24-32-22(30-16-2-3-16)23-29-12-18(11-28)36(23)33-24/h8-9,12,16-17,37H,2-7,13-14H2,1H3,(H2,30,31,32,33). The molecule has 0 unspecified atom stereocenters. The molecule has 2 aromatic heterocycles. The fraction of sp³-hybridized carbons (Fsp3) is 0.480. The summed E-state index contributed by atoms with van der Waals surface area (Å²) in [6.45, 7) is 3.03. The van der Waals surface area contributed by atoms with Crippen LogP contribution in [0.2, 0.25) is 5.02 Å². The summed E-state index contributed by atoms with van der Waals surface area (Å²) in [6, 6.07) is 8.28. The molecule has 1 aliphatic carbocycles. The second-order valence-corrected chi connectivity index (χ2v) is 10.7. The van der Waals surface area contributed by atoms with Crippen LogP contribution in [0.5, 0.6) is 0 Å². The zero-order chi connectivity index (χ0) is 25.7. The van der Waals surface area contributed by atoms with Gasteiger partial charge >= 0.3 is 0 Å². The van der Waals surface area contributed by atoms with E-state index < -0.39 is 5.60 Å². The number of fused-ring (bicyclic) bond motifs is 1. The van der Waals surface area contributed by atoms with Crippen molar-refractivity contribution in [1.29, 1.82) is 10.5 Å². The van der Waals surface area contributed by atoms with E-state index in [1.165, 1.54) is 10.7 Å². The summed E-state index contributed by atoms with van der Waals surface area (Å²) in [5.74, 6) is 0.710. The largest absolute Gasteiger partial charge is 0.382 e. The molecule has 6 rings (SSSR count). The van der Waals surface area contributed by atoms with Crippen LogP contribution in [0.4, 0.5) is 17.5 Å². The molecule has 2 aliphatic heterocycles. The lowest BCUT2D eigenvalue weighted by Crippen LogP contribution is -2.63. The molecular formula is C25H27ClN10O. The Bertz CT molecular complexity index is 1440. The Morgan fingerprint density at radius 1 is 1.14 bits per heavy atom. The number of β-amino-alcohol motifs (C(OH)–C–C–N with tert-alkyl or cyclic N) is 1. The van der Waals surface area contributed by atoms with Gasteiger partial charge in [-0.1, -0.05) is 11.6 Å². The van der Waals surface area contributed by atoms with Gasteiger partial charge in [0.15, 0.2) is 17.2 Å². The Labute approximate surface area is 219 Å². The SMILES string of the molecule is CN1CCC(N2CC(O)(c3cc(C#N)cc(Nc4nc(NC5CC5)c5ncc(C#N)n5n4)c3Cl)C2)CC1. The van der Waals surface area contributed by atoms with Crippen LogP contribution >= 0.6 is 11.6 Å². The van der Waals surface area contributed by atoms with Crippen LogP contribution in [0.3, 0.4) is 0 Å². The van der Waals surface area contributed by atoms with Gasteiger partial charge in [0.2, 0.25) is 5.95 Å². The number of halogens is 1. The average molecular weight is 519 g/mol. The van der Waals surface area contributed by atoms with Crippen LogP contribution in [0.25, 0.3) is 5.65 Å². The van der Waals surface area contributed by atoms with Crippen LogP contribution in [-0.2, 0) is 5.60 Å². The number of anilines is 3. The highest BCUT2D eigenvalue weighted by atomic mass is 35.5. The molecule has 4 heterocycles. The van der Waals surface area contributed by atoms with Gasteiger partial charge in [-0.25, -0.2) is 4.98 Å². The highest BCUT2D eigenvalue weighted by molar-refractivity contribution is 6.34. The van der Waals surface area contributed by atoms with Crippen LogP contribution in [-0.4, -0.2) is 79.8 Å². The van der Waals surface area contributed by atoms with E-state index in [4.69, 9.17) is 11.6 Å². The summed E-state index contributed by atoms with van der Waals surface area (Å²) in [5.41, 5.74) is 0.880. The number of hydrogen-bond acceptors (Lipinski definition) is 10. The molecule has 0 bridgehead atoms. The zero-order valence-corrected chi connectivity index (χ0v) is 21.2. The lowest BCUT2D eigenvalue weighted by molar-refractivity contribution is -0.127. The number of hydrogen-bond donors (Lipinski definition) is 3. The Morgan fingerprint density at radius 2 is 1.89 bits per heavy atom. The van der Waals surface area contributed by atoms with Crippen molar-refractivity contribution in [2.24, 2.45) is 0 Å². The smallest absolute Gasteiger partial charge is 0.247 e. The van der Waals surface area contributed by atoms with Gasteiger partial charge in [-0.05, 0) is 58.0 Å². The second kappa shape index (κ2) is 9.12. The van der Waals surface area contributed by atoms with Crippen LogP contribution in [0.1, 0.15) is 42.5 Å². The Morgan fingerprint density at radius 3 is 2.57 bits per heavy atom. The minimum atomic E-state index is -1.15. The number of nitrogens with one attached hydrogen (secondary N) is 2. The molecule has 2 saturated heterocycles. The summed E-state index contributed by atoms with van der Waals surface area (Å²) in [4.78, 5) is 13.5. The fourth-order valence-corrected chi connectivity index (χ4v) is 5.51. The first-order valence-corrected chi connectivity index (χ1v) is 12.8. The van der Waals surface area contributed by atoms with Crippen LogP contribution < -0.4 is 10.6 Å². The zero-order valence-electron chi connectivity index (χ0n) is 20.4. The normalized spacial score (nSPS) is 20.2. The Hall–Kier alpha value is -3.48. The van der Waals surface area contributed by atoms with Crippen molar-refractivity contribution in [3.63, 3.8) is 0 Å². The molecule has 37 heavy (non-hydrogen) atoms. The van der Waals surface area contributed by atoms with E-state index in [9.17, 15) is 15.6 Å². The quantitative estimate of drug-likeness (QED) is 0.445. The van der Waals surface area contributed by atoms with Gasteiger partial charge in [-0.15, -0.1) is 5.10 Å². The summed E-state index contributed by atoms with van der Waals surface area (Å²) in [6.07, 6.45) is 5.67. The van der Waals surface area contributed by atoms with Crippen LogP contribution in [0.15, 0.2) is 18.3 Å². The molecule has 1 aromatic carbocycles. The molecule has 12 heteroatoms. The molecule has 3 fully saturated rings. The number of rotatable bonds is 6. The first kappa shape index (κ1) is 23.9. The molecule has 0 radical (unpaired) electrons. The lowest BCUT2D eigenvalue weighted by atomic mass is 9.82. The first-order chi connectivity index (χ1) is 17.9. The third-order valence-corrected chi connectivity index (χ3v) is 7.89. The molecule has 0 atom stereocenters. The fourth-order valence-electron chi connectivity index (χ4n) is 5.18. The van der Waals surface area contributed by atoms with Crippen molar-refractivity contribution in [2.45, 2.75) is 43.4 Å². The minimum absolute atomic E-state index is 0.196. The molecule has 0 spiro atoms. The topological polar surface area (TPSA) is 141 Å². The third-order valence-electron chi connectivity index (χ3n) is 7.48. The van der Waals surface area contributed by atoms with E-state index in [0.29, 0.717) is 58.5 Å². The van der Waals surface area contributed by atoms with Crippen molar-refractivity contribution in [1.82, 2.24) is 29.4 Å². The Kier molecular flexibility index (Phi) is 5.89. The number of nitriles is 2. The monoisotopic (exact) mass is 518 g/mol. The maximum Gasteiger partial charge on any atom is 0.247 e. The molecule has 0 amide bonds. The van der Waals surface area contributed by atoms with Gasteiger partial charge in [-0.2, -0.15) is 20.0 Å². The highest BCUT2D eigenvalue weighted by Gasteiger charge is 2.47. The van der Waals surface area contributed by atoms with E-state index in [1.54, 1.807) is 12.1 Å². The van der Waals surface area contributed by atoms with Gasteiger partial charge in [0.25, 0.3) is 0 Å². The maximum atomic E-state index is 11.5. The highest BCUT2D eigenvalue weighted by Crippen LogP contribution is 2.42. The van der Waals surface area contributed by atoms with Gasteiger partial charge in [0, 0.05) is 30.7 Å². The minimum Gasteiger partial charge on any atom is -0.382 e. The predicted molar refractivity (Wildman–Crippen MR) is 138 cm³/mol. The molecule has 190 valence electrons. The molecular weight excluding hydrogens is 492 g/mol. The summed E-state index contributed by atoms with van der Waals surface area (Å²) in [7, 11) is 2.13. The predicted octanol–water partition coefficient (Wildman–Crippen LogP) is 2.44. The molecule has 11 nitrogen and oxygen atoms in total. The van der Waals surface area contributed by atoms with E-state index in [-0.39, 0.29) is 11.6 Å². The van der Waals surface area contributed by atoms with E-state index in [2.05, 4.69) is 54.7 Å². The second-order valence-electron chi connectivity index (χ2n) is 10.3. The van der Waals surface area contributed by atoms with Crippen molar-refractivity contribution in [3.8, 4) is 12.1 Å². The number of likely N-dealkylation sites (tertiary alicyclic amines) is 2. The third kappa shape index (κ3) is 4.45. The summed E-state index contributed by atoms with van der Waals surface area (Å²) < 4.78 is 1.43. The number of aromatic nitrogens is 4. The number of benzene rings is 1. The van der Waals surface area contributed by atoms with Gasteiger partial charge < -0.3 is 20.6 Å². The first-order valence-electron chi connectivity index (χ1n) is 12.5. The number of nitrogens with zero attached hydrogens (tertiary/aromatic N) is 8. The van der Waals surface area contributed by atoms with Crippen LogP contribution in [0, 0.1) is 22.7 Å². The number of imidazole rings is 1. The van der Waals surface area contributed by atoms with E-state index in [0.717, 1.165) is 38.8 Å². The van der Waals surface area contributed by atoms with Crippen molar-refractivity contribution >= 4 is 34.7 Å². The van der Waals surface area contributed by atoms with Gasteiger partial charge in [0.05, 0.1) is 28.5 Å². The summed E-state index contributed by atoms with van der Waals surface area (Å²) in [5, 5.41) is 41.9. The van der Waals surface area contributed by atoms with Crippen molar-refractivity contribution < 1.29 is 5.11 Å². The number of aliphatic hydroxyl groups is 1. The van der Waals surface area contributed by atoms with E-state index in [1.807, 2.05) is 0 Å². The Balaban J connectivity index is 1.30. The molecule has 3 aromatic rings. The summed E-state index contributed by atoms with van der Waals surface area (Å²) >= 11 is 6.83. The molecule has 1 saturated carbocycles.